The molecular formula is C24H31NO11. The van der Waals surface area contributed by atoms with E-state index < -0.39 is 80.5 Å². The van der Waals surface area contributed by atoms with Crippen LogP contribution in [-0.2, 0) is 19.0 Å². The average Bonchev–Trinajstić information content (AvgIpc) is 2.87. The summed E-state index contributed by atoms with van der Waals surface area (Å²) in [6, 6.07) is 11.7. The van der Waals surface area contributed by atoms with Crippen LogP contribution in [0.1, 0.15) is 6.92 Å². The van der Waals surface area contributed by atoms with Gasteiger partial charge in [-0.25, -0.2) is 0 Å². The van der Waals surface area contributed by atoms with Crippen LogP contribution in [0.5, 0.6) is 5.75 Å². The number of fused-ring (bicyclic) bond motifs is 1. The second kappa shape index (κ2) is 11.3. The maximum Gasteiger partial charge on any atom is 0.223 e. The molecule has 36 heavy (non-hydrogen) atoms. The number of hydrogen-bond acceptors (Lipinski definition) is 11. The fourth-order valence-corrected chi connectivity index (χ4v) is 4.43. The number of benzene rings is 2. The molecule has 2 heterocycles. The first-order valence-electron chi connectivity index (χ1n) is 11.6. The highest BCUT2D eigenvalue weighted by atomic mass is 16.7. The van der Waals surface area contributed by atoms with Gasteiger partial charge in [-0.2, -0.15) is 0 Å². The monoisotopic (exact) mass is 509 g/mol. The lowest BCUT2D eigenvalue weighted by atomic mass is 9.95. The molecule has 0 unspecified atom stereocenters. The Morgan fingerprint density at radius 1 is 0.861 bits per heavy atom. The van der Waals surface area contributed by atoms with Gasteiger partial charge in [0.15, 0.2) is 6.29 Å². The van der Waals surface area contributed by atoms with Gasteiger partial charge >= 0.3 is 0 Å². The van der Waals surface area contributed by atoms with E-state index in [2.05, 4.69) is 5.32 Å². The third-order valence-corrected chi connectivity index (χ3v) is 6.34. The van der Waals surface area contributed by atoms with Gasteiger partial charge in [0.2, 0.25) is 12.2 Å². The molecule has 0 saturated carbocycles. The van der Waals surface area contributed by atoms with Crippen molar-refractivity contribution in [2.75, 3.05) is 13.2 Å². The number of carbonyl (C=O) groups is 1. The number of aliphatic hydroxyl groups excluding tert-OH is 6. The maximum absolute atomic E-state index is 11.9. The molecule has 0 spiro atoms. The molecule has 2 fully saturated rings. The van der Waals surface area contributed by atoms with Gasteiger partial charge in [-0.05, 0) is 22.9 Å². The summed E-state index contributed by atoms with van der Waals surface area (Å²) in [5.41, 5.74) is 0. The quantitative estimate of drug-likeness (QED) is 0.218. The molecule has 12 nitrogen and oxygen atoms in total. The zero-order valence-electron chi connectivity index (χ0n) is 19.5. The molecule has 0 bridgehead atoms. The van der Waals surface area contributed by atoms with E-state index in [9.17, 15) is 35.4 Å². The van der Waals surface area contributed by atoms with E-state index in [0.717, 1.165) is 10.8 Å². The van der Waals surface area contributed by atoms with E-state index in [1.54, 1.807) is 12.1 Å². The van der Waals surface area contributed by atoms with Gasteiger partial charge in [0.05, 0.1) is 13.2 Å². The summed E-state index contributed by atoms with van der Waals surface area (Å²) in [6.07, 6.45) is -13.2. The van der Waals surface area contributed by atoms with E-state index in [0.29, 0.717) is 5.75 Å². The minimum Gasteiger partial charge on any atom is -0.463 e. The van der Waals surface area contributed by atoms with Gasteiger partial charge < -0.3 is 54.9 Å². The second-order valence-corrected chi connectivity index (χ2v) is 8.87. The van der Waals surface area contributed by atoms with Crippen molar-refractivity contribution in [1.29, 1.82) is 0 Å². The van der Waals surface area contributed by atoms with Crippen molar-refractivity contribution in [2.45, 2.75) is 68.3 Å². The molecular weight excluding hydrogens is 478 g/mol. The number of carbonyl (C=O) groups excluding carboxylic acids is 1. The summed E-state index contributed by atoms with van der Waals surface area (Å²) in [6.45, 7) is -0.0664. The number of amides is 1. The number of aliphatic hydroxyl groups is 6. The fourth-order valence-electron chi connectivity index (χ4n) is 4.43. The molecule has 7 N–H and O–H groups in total. The summed E-state index contributed by atoms with van der Waals surface area (Å²) < 4.78 is 22.8. The molecule has 1 amide bonds. The number of nitrogens with one attached hydrogen (secondary N) is 1. The fraction of sp³-hybridized carbons (Fsp3) is 0.542. The van der Waals surface area contributed by atoms with Crippen molar-refractivity contribution in [1.82, 2.24) is 5.32 Å². The Balaban J connectivity index is 1.56. The molecule has 0 aliphatic carbocycles. The molecule has 4 rings (SSSR count). The van der Waals surface area contributed by atoms with Crippen molar-refractivity contribution in [3.8, 4) is 5.75 Å². The van der Waals surface area contributed by atoms with Gasteiger partial charge in [-0.3, -0.25) is 4.79 Å². The maximum atomic E-state index is 11.9. The first-order valence-corrected chi connectivity index (χ1v) is 11.6. The molecule has 2 aromatic carbocycles. The molecule has 0 aromatic heterocycles. The molecule has 2 aliphatic heterocycles. The van der Waals surface area contributed by atoms with Crippen LogP contribution >= 0.6 is 0 Å². The Morgan fingerprint density at radius 2 is 1.53 bits per heavy atom. The van der Waals surface area contributed by atoms with E-state index in [-0.39, 0.29) is 0 Å². The van der Waals surface area contributed by atoms with Crippen molar-refractivity contribution < 1.29 is 54.4 Å². The second-order valence-electron chi connectivity index (χ2n) is 8.87. The summed E-state index contributed by atoms with van der Waals surface area (Å²) in [7, 11) is 0. The Labute approximate surface area is 206 Å². The third kappa shape index (κ3) is 5.47. The summed E-state index contributed by atoms with van der Waals surface area (Å²) >= 11 is 0. The summed E-state index contributed by atoms with van der Waals surface area (Å²) in [5.74, 6) is -0.102. The van der Waals surface area contributed by atoms with E-state index in [1.165, 1.54) is 6.92 Å². The van der Waals surface area contributed by atoms with Crippen LogP contribution in [0.25, 0.3) is 10.8 Å². The molecule has 0 radical (unpaired) electrons. The van der Waals surface area contributed by atoms with Crippen LogP contribution in [0.4, 0.5) is 0 Å². The number of ether oxygens (including phenoxy) is 4. The third-order valence-electron chi connectivity index (χ3n) is 6.34. The number of rotatable bonds is 7. The highest BCUT2D eigenvalue weighted by Crippen LogP contribution is 2.31. The molecule has 2 saturated heterocycles. The molecule has 2 aliphatic rings. The predicted octanol–water partition coefficient (Wildman–Crippen LogP) is -2.01. The Bertz CT molecular complexity index is 1040. The predicted molar refractivity (Wildman–Crippen MR) is 123 cm³/mol. The largest absolute Gasteiger partial charge is 0.463 e. The topological polar surface area (TPSA) is 187 Å². The first kappa shape index (κ1) is 26.7. The van der Waals surface area contributed by atoms with E-state index in [1.807, 2.05) is 30.3 Å². The van der Waals surface area contributed by atoms with Crippen molar-refractivity contribution in [2.24, 2.45) is 0 Å². The molecule has 10 atom stereocenters. The van der Waals surface area contributed by atoms with Crippen molar-refractivity contribution in [3.05, 3.63) is 42.5 Å². The highest BCUT2D eigenvalue weighted by Gasteiger charge is 2.51. The SMILES string of the molecule is CC(=O)N[C@H]1[C@H](Oc2ccc3ccccc3c2)O[C@H](CO)[C@@H](O[C@@H]2O[C@H](CO)[C@H](O)[C@H](O)[C@H]2O)[C@@H]1O. The van der Waals surface area contributed by atoms with Crippen molar-refractivity contribution >= 4 is 16.7 Å². The molecule has 2 aromatic rings. The summed E-state index contributed by atoms with van der Waals surface area (Å²) in [4.78, 5) is 11.9. The van der Waals surface area contributed by atoms with Crippen LogP contribution in [0.15, 0.2) is 42.5 Å². The van der Waals surface area contributed by atoms with E-state index >= 15 is 0 Å². The van der Waals surface area contributed by atoms with Gasteiger partial charge in [-0.1, -0.05) is 30.3 Å². The molecule has 198 valence electrons. The first-order chi connectivity index (χ1) is 17.2. The van der Waals surface area contributed by atoms with Crippen LogP contribution in [0.2, 0.25) is 0 Å². The summed E-state index contributed by atoms with van der Waals surface area (Å²) in [5, 5.41) is 65.3. The van der Waals surface area contributed by atoms with Crippen LogP contribution in [0, 0.1) is 0 Å². The zero-order valence-corrected chi connectivity index (χ0v) is 19.5. The Morgan fingerprint density at radius 3 is 2.19 bits per heavy atom. The smallest absolute Gasteiger partial charge is 0.223 e. The van der Waals surface area contributed by atoms with Crippen molar-refractivity contribution in [3.63, 3.8) is 0 Å². The Hall–Kier alpha value is -2.39. The minimum absolute atomic E-state index is 0.395. The normalized spacial score (nSPS) is 37.0. The van der Waals surface area contributed by atoms with Crippen LogP contribution < -0.4 is 10.1 Å². The van der Waals surface area contributed by atoms with Gasteiger partial charge in [-0.15, -0.1) is 0 Å². The minimum atomic E-state index is -1.74. The lowest BCUT2D eigenvalue weighted by molar-refractivity contribution is -0.343. The van der Waals surface area contributed by atoms with Gasteiger partial charge in [0.25, 0.3) is 0 Å². The average molecular weight is 510 g/mol. The highest BCUT2D eigenvalue weighted by molar-refractivity contribution is 5.83. The Kier molecular flexibility index (Phi) is 8.40. The standard InChI is InChI=1S/C24H31NO11/c1-11(28)25-17-19(30)22(36-24-21(32)20(31)18(29)15(9-26)34-24)16(10-27)35-23(17)33-14-7-6-12-4-2-3-5-13(12)8-14/h2-8,15-24,26-27,29-32H,9-10H2,1H3,(H,25,28)/t15-,16-,17-,18+,19-,20+,21-,22-,23-,24+/m1/s1. The van der Waals surface area contributed by atoms with Crippen LogP contribution in [0.3, 0.4) is 0 Å². The van der Waals surface area contributed by atoms with Gasteiger partial charge in [0.1, 0.15) is 54.5 Å². The zero-order chi connectivity index (χ0) is 26.0. The number of hydrogen-bond donors (Lipinski definition) is 7. The molecule has 12 heteroatoms. The van der Waals surface area contributed by atoms with E-state index in [4.69, 9.17) is 18.9 Å². The van der Waals surface area contributed by atoms with Crippen LogP contribution in [-0.4, -0.2) is 111 Å². The van der Waals surface area contributed by atoms with Gasteiger partial charge in [0, 0.05) is 6.92 Å². The lowest BCUT2D eigenvalue weighted by Gasteiger charge is -2.47. The lowest BCUT2D eigenvalue weighted by Crippen LogP contribution is -2.68.